The first kappa shape index (κ1) is 19.7. The van der Waals surface area contributed by atoms with Gasteiger partial charge in [-0.05, 0) is 57.5 Å². The Balaban J connectivity index is 1.95. The average Bonchev–Trinajstić information content (AvgIpc) is 3.01. The maximum Gasteiger partial charge on any atom is 0.407 e. The molecule has 0 aromatic carbocycles. The molecule has 2 N–H and O–H groups in total. The quantitative estimate of drug-likeness (QED) is 0.838. The zero-order chi connectivity index (χ0) is 18.8. The van der Waals surface area contributed by atoms with Crippen molar-refractivity contribution in [3.05, 3.63) is 21.4 Å². The van der Waals surface area contributed by atoms with Crippen LogP contribution in [0, 0.1) is 13.8 Å². The molecule has 2 rings (SSSR count). The Bertz CT molecular complexity index is 636. The highest BCUT2D eigenvalue weighted by Gasteiger charge is 2.37. The number of nitrogens with zero attached hydrogens (tertiary/aromatic N) is 1. The van der Waals surface area contributed by atoms with Crippen molar-refractivity contribution in [3.63, 3.8) is 0 Å². The summed E-state index contributed by atoms with van der Waals surface area (Å²) in [5.74, 6) is 0.0148. The summed E-state index contributed by atoms with van der Waals surface area (Å²) < 4.78 is 5.19. The lowest BCUT2D eigenvalue weighted by Crippen LogP contribution is -2.43. The first-order valence-corrected chi connectivity index (χ1v) is 9.47. The van der Waals surface area contributed by atoms with Crippen molar-refractivity contribution in [2.24, 2.45) is 0 Å². The summed E-state index contributed by atoms with van der Waals surface area (Å²) in [7, 11) is 0. The van der Waals surface area contributed by atoms with E-state index < -0.39 is 17.8 Å². The molecule has 6 nitrogen and oxygen atoms in total. The van der Waals surface area contributed by atoms with Gasteiger partial charge in [-0.15, -0.1) is 11.3 Å². The van der Waals surface area contributed by atoms with Crippen molar-refractivity contribution in [1.29, 1.82) is 0 Å². The van der Waals surface area contributed by atoms with Gasteiger partial charge >= 0.3 is 6.09 Å². The topological polar surface area (TPSA) is 78.9 Å². The number of aryl methyl sites for hydroxylation is 1. The number of nitrogens with one attached hydrogen (secondary N) is 1. The van der Waals surface area contributed by atoms with Crippen LogP contribution in [0.1, 0.15) is 55.7 Å². The second kappa shape index (κ2) is 7.74. The lowest BCUT2D eigenvalue weighted by molar-refractivity contribution is -0.130. The molecule has 1 aromatic heterocycles. The zero-order valence-corrected chi connectivity index (χ0v) is 16.4. The van der Waals surface area contributed by atoms with Crippen LogP contribution in [0.25, 0.3) is 0 Å². The molecular formula is C18H28N2O4S. The summed E-state index contributed by atoms with van der Waals surface area (Å²) in [6.07, 6.45) is -0.131. The van der Waals surface area contributed by atoms with E-state index in [4.69, 9.17) is 4.74 Å². The molecule has 1 aromatic rings. The summed E-state index contributed by atoms with van der Waals surface area (Å²) in [5.41, 5.74) is 1.69. The second-order valence-corrected chi connectivity index (χ2v) is 8.39. The molecule has 1 aliphatic heterocycles. The lowest BCUT2D eigenvalue weighted by Gasteiger charge is -2.29. The van der Waals surface area contributed by atoms with Crippen LogP contribution in [0.3, 0.4) is 0 Å². The van der Waals surface area contributed by atoms with Crippen molar-refractivity contribution >= 4 is 23.3 Å². The maximum atomic E-state index is 12.2. The Hall–Kier alpha value is -1.60. The van der Waals surface area contributed by atoms with Gasteiger partial charge < -0.3 is 20.1 Å². The predicted octanol–water partition coefficient (Wildman–Crippen LogP) is 2.91. The van der Waals surface area contributed by atoms with Crippen LogP contribution in [0.2, 0.25) is 0 Å². The van der Waals surface area contributed by atoms with Gasteiger partial charge in [-0.2, -0.15) is 0 Å². The Morgan fingerprint density at radius 1 is 1.48 bits per heavy atom. The number of rotatable bonds is 5. The van der Waals surface area contributed by atoms with Crippen molar-refractivity contribution in [2.75, 3.05) is 13.1 Å². The molecule has 140 valence electrons. The minimum atomic E-state index is -0.688. The highest BCUT2D eigenvalue weighted by Crippen LogP contribution is 2.35. The molecule has 2 heterocycles. The molecule has 25 heavy (non-hydrogen) atoms. The number of carbonyl (C=O) groups is 2. The highest BCUT2D eigenvalue weighted by atomic mass is 32.1. The Kier molecular flexibility index (Phi) is 6.11. The fourth-order valence-corrected chi connectivity index (χ4v) is 4.07. The minimum Gasteiger partial charge on any atom is -0.444 e. The van der Waals surface area contributed by atoms with Gasteiger partial charge in [-0.1, -0.05) is 0 Å². The zero-order valence-electron chi connectivity index (χ0n) is 15.6. The third kappa shape index (κ3) is 4.95. The molecule has 0 bridgehead atoms. The van der Waals surface area contributed by atoms with Crippen LogP contribution < -0.4 is 5.32 Å². The number of alkyl carbamates (subject to hydrolysis) is 1. The molecule has 1 unspecified atom stereocenters. The monoisotopic (exact) mass is 368 g/mol. The van der Waals surface area contributed by atoms with E-state index in [9.17, 15) is 14.7 Å². The van der Waals surface area contributed by atoms with E-state index in [1.54, 1.807) is 25.7 Å². The van der Waals surface area contributed by atoms with Gasteiger partial charge in [0.05, 0.1) is 6.04 Å². The smallest absolute Gasteiger partial charge is 0.407 e. The van der Waals surface area contributed by atoms with Crippen molar-refractivity contribution < 1.29 is 19.4 Å². The molecule has 1 aliphatic rings. The van der Waals surface area contributed by atoms with E-state index in [-0.39, 0.29) is 11.9 Å². The maximum absolute atomic E-state index is 12.2. The number of ether oxygens (including phenoxy) is 1. The van der Waals surface area contributed by atoms with E-state index in [0.29, 0.717) is 25.9 Å². The summed E-state index contributed by atoms with van der Waals surface area (Å²) in [6, 6.07) is -0.246. The van der Waals surface area contributed by atoms with Crippen LogP contribution in [-0.2, 0) is 9.53 Å². The number of aliphatic hydroxyl groups is 1. The summed E-state index contributed by atoms with van der Waals surface area (Å²) in [6.45, 7) is 10.1. The molecule has 2 atom stereocenters. The van der Waals surface area contributed by atoms with E-state index in [0.717, 1.165) is 16.0 Å². The first-order valence-electron chi connectivity index (χ1n) is 8.59. The van der Waals surface area contributed by atoms with Gasteiger partial charge in [0.25, 0.3) is 0 Å². The number of aliphatic hydroxyl groups excluding tert-OH is 1. The Labute approximate surface area is 153 Å². The summed E-state index contributed by atoms with van der Waals surface area (Å²) in [4.78, 5) is 26.5. The second-order valence-electron chi connectivity index (χ2n) is 7.47. The summed E-state index contributed by atoms with van der Waals surface area (Å²) in [5, 5.41) is 15.5. The molecular weight excluding hydrogens is 340 g/mol. The predicted molar refractivity (Wildman–Crippen MR) is 97.7 cm³/mol. The minimum absolute atomic E-state index is 0.0148. The standard InChI is InChI=1S/C18H28N2O4S/c1-11-10-25-16(12(11)2)15(22)13-6-7-14(21)20(13)9-8-19-17(23)24-18(3,4)5/h10,13,15,22H,6-9H2,1-5H3,(H,19,23)/t13-,15?/m0/s1. The highest BCUT2D eigenvalue weighted by molar-refractivity contribution is 7.10. The third-order valence-corrected chi connectivity index (χ3v) is 5.63. The number of likely N-dealkylation sites (tertiary alicyclic amines) is 1. The number of hydrogen-bond acceptors (Lipinski definition) is 5. The molecule has 2 amide bonds. The number of amides is 2. The molecule has 0 saturated carbocycles. The average molecular weight is 368 g/mol. The number of hydrogen-bond donors (Lipinski definition) is 2. The fourth-order valence-electron chi connectivity index (χ4n) is 2.96. The van der Waals surface area contributed by atoms with Gasteiger partial charge in [0.1, 0.15) is 11.7 Å². The largest absolute Gasteiger partial charge is 0.444 e. The first-order chi connectivity index (χ1) is 11.6. The van der Waals surface area contributed by atoms with Crippen LogP contribution in [-0.4, -0.2) is 46.7 Å². The Morgan fingerprint density at radius 3 is 2.72 bits per heavy atom. The van der Waals surface area contributed by atoms with E-state index in [1.807, 2.05) is 19.2 Å². The van der Waals surface area contributed by atoms with Crippen LogP contribution in [0.15, 0.2) is 5.38 Å². The molecule has 0 spiro atoms. The van der Waals surface area contributed by atoms with E-state index in [1.165, 1.54) is 11.3 Å². The van der Waals surface area contributed by atoms with Crippen LogP contribution in [0.4, 0.5) is 4.79 Å². The number of carbonyl (C=O) groups excluding carboxylic acids is 2. The van der Waals surface area contributed by atoms with Gasteiger partial charge in [0, 0.05) is 24.4 Å². The lowest BCUT2D eigenvalue weighted by atomic mass is 10.0. The fraction of sp³-hybridized carbons (Fsp3) is 0.667. The van der Waals surface area contributed by atoms with Gasteiger partial charge in [-0.25, -0.2) is 4.79 Å². The number of thiophene rings is 1. The third-order valence-electron chi connectivity index (χ3n) is 4.35. The van der Waals surface area contributed by atoms with E-state index in [2.05, 4.69) is 5.32 Å². The van der Waals surface area contributed by atoms with Gasteiger partial charge in [0.2, 0.25) is 5.91 Å². The molecule has 1 fully saturated rings. The summed E-state index contributed by atoms with van der Waals surface area (Å²) >= 11 is 1.53. The van der Waals surface area contributed by atoms with Gasteiger partial charge in [-0.3, -0.25) is 4.79 Å². The van der Waals surface area contributed by atoms with Crippen molar-refractivity contribution in [3.8, 4) is 0 Å². The molecule has 1 saturated heterocycles. The van der Waals surface area contributed by atoms with Crippen molar-refractivity contribution in [2.45, 2.75) is 65.2 Å². The van der Waals surface area contributed by atoms with E-state index >= 15 is 0 Å². The van der Waals surface area contributed by atoms with Crippen LogP contribution >= 0.6 is 11.3 Å². The molecule has 0 aliphatic carbocycles. The van der Waals surface area contributed by atoms with Gasteiger partial charge in [0.15, 0.2) is 0 Å². The SMILES string of the molecule is Cc1csc(C(O)[C@@H]2CCC(=O)N2CCNC(=O)OC(C)(C)C)c1C. The Morgan fingerprint density at radius 2 is 2.16 bits per heavy atom. The molecule has 0 radical (unpaired) electrons. The molecule has 7 heteroatoms. The normalized spacial score (nSPS) is 19.2. The van der Waals surface area contributed by atoms with Crippen molar-refractivity contribution in [1.82, 2.24) is 10.2 Å². The van der Waals surface area contributed by atoms with Crippen LogP contribution in [0.5, 0.6) is 0 Å².